The van der Waals surface area contributed by atoms with Gasteiger partial charge < -0.3 is 10.4 Å². The number of rotatable bonds is 5. The summed E-state index contributed by atoms with van der Waals surface area (Å²) in [6, 6.07) is 5.17. The van der Waals surface area contributed by atoms with Crippen LogP contribution in [0.25, 0.3) is 5.69 Å². The van der Waals surface area contributed by atoms with Gasteiger partial charge in [-0.25, -0.2) is 4.68 Å². The van der Waals surface area contributed by atoms with E-state index in [-0.39, 0.29) is 18.0 Å². The Morgan fingerprint density at radius 3 is 2.77 bits per heavy atom. The van der Waals surface area contributed by atoms with Crippen molar-refractivity contribution in [1.82, 2.24) is 20.1 Å². The van der Waals surface area contributed by atoms with E-state index >= 15 is 0 Å². The van der Waals surface area contributed by atoms with Crippen molar-refractivity contribution < 1.29 is 14.7 Å². The third-order valence-corrected chi connectivity index (χ3v) is 3.92. The molecule has 2 N–H and O–H groups in total. The van der Waals surface area contributed by atoms with E-state index in [0.29, 0.717) is 12.8 Å². The maximum atomic E-state index is 12.4. The van der Waals surface area contributed by atoms with Crippen molar-refractivity contribution in [1.29, 1.82) is 0 Å². The number of hydrogen-bond donors (Lipinski definition) is 2. The zero-order valence-electron chi connectivity index (χ0n) is 11.9. The molecule has 2 aromatic rings. The smallest absolute Gasteiger partial charge is 0.305 e. The highest BCUT2D eigenvalue weighted by Crippen LogP contribution is 2.35. The van der Waals surface area contributed by atoms with Crippen molar-refractivity contribution in [2.45, 2.75) is 31.2 Å². The lowest BCUT2D eigenvalue weighted by Crippen LogP contribution is -2.54. The first-order valence-electron chi connectivity index (χ1n) is 7.08. The molecule has 1 aliphatic rings. The molecule has 2 aromatic heterocycles. The van der Waals surface area contributed by atoms with Crippen LogP contribution in [0.5, 0.6) is 0 Å². The van der Waals surface area contributed by atoms with Gasteiger partial charge in [-0.15, -0.1) is 0 Å². The molecule has 0 aromatic carbocycles. The largest absolute Gasteiger partial charge is 0.481 e. The highest BCUT2D eigenvalue weighted by atomic mass is 16.4. The first kappa shape index (κ1) is 14.2. The lowest BCUT2D eigenvalue weighted by atomic mass is 9.74. The quantitative estimate of drug-likeness (QED) is 0.869. The SMILES string of the molecule is O=C(O)CC1(NC(=O)c2cc(-n3cccn3)ccn2)CCC1. The summed E-state index contributed by atoms with van der Waals surface area (Å²) in [6.45, 7) is 0. The Kier molecular flexibility index (Phi) is 3.62. The van der Waals surface area contributed by atoms with E-state index in [4.69, 9.17) is 5.11 Å². The minimum absolute atomic E-state index is 0.0579. The fourth-order valence-corrected chi connectivity index (χ4v) is 2.65. The van der Waals surface area contributed by atoms with Crippen molar-refractivity contribution in [3.05, 3.63) is 42.5 Å². The van der Waals surface area contributed by atoms with E-state index in [1.165, 1.54) is 6.20 Å². The highest BCUT2D eigenvalue weighted by Gasteiger charge is 2.40. The first-order valence-corrected chi connectivity index (χ1v) is 7.08. The first-order chi connectivity index (χ1) is 10.6. The molecule has 2 heterocycles. The van der Waals surface area contributed by atoms with Crippen LogP contribution in [0, 0.1) is 0 Å². The van der Waals surface area contributed by atoms with Crippen LogP contribution in [0.4, 0.5) is 0 Å². The Morgan fingerprint density at radius 1 is 1.36 bits per heavy atom. The van der Waals surface area contributed by atoms with Gasteiger partial charge in [0.2, 0.25) is 0 Å². The number of amides is 1. The summed E-state index contributed by atoms with van der Waals surface area (Å²) in [5.41, 5.74) is 0.349. The number of carboxylic acid groups (broad SMARTS) is 1. The predicted octanol–water partition coefficient (Wildman–Crippen LogP) is 1.39. The molecular formula is C15H16N4O3. The fraction of sp³-hybridized carbons (Fsp3) is 0.333. The molecule has 0 aliphatic heterocycles. The summed E-state index contributed by atoms with van der Waals surface area (Å²) in [7, 11) is 0. The monoisotopic (exact) mass is 300 g/mol. The van der Waals surface area contributed by atoms with Gasteiger partial charge in [-0.1, -0.05) is 0 Å². The zero-order chi connectivity index (χ0) is 15.6. The molecule has 0 atom stereocenters. The fourth-order valence-electron chi connectivity index (χ4n) is 2.65. The summed E-state index contributed by atoms with van der Waals surface area (Å²) in [5, 5.41) is 15.9. The summed E-state index contributed by atoms with van der Waals surface area (Å²) < 4.78 is 1.63. The molecule has 0 bridgehead atoms. The van der Waals surface area contributed by atoms with Gasteiger partial charge in [-0.05, 0) is 37.5 Å². The van der Waals surface area contributed by atoms with Crippen LogP contribution < -0.4 is 5.32 Å². The molecule has 3 rings (SSSR count). The predicted molar refractivity (Wildman–Crippen MR) is 77.7 cm³/mol. The lowest BCUT2D eigenvalue weighted by Gasteiger charge is -2.41. The minimum Gasteiger partial charge on any atom is -0.481 e. The van der Waals surface area contributed by atoms with E-state index in [0.717, 1.165) is 12.1 Å². The topological polar surface area (TPSA) is 97.1 Å². The number of carbonyl (C=O) groups is 2. The second-order valence-corrected chi connectivity index (χ2v) is 5.51. The molecule has 22 heavy (non-hydrogen) atoms. The Hall–Kier alpha value is -2.70. The third-order valence-electron chi connectivity index (χ3n) is 3.92. The van der Waals surface area contributed by atoms with E-state index in [9.17, 15) is 9.59 Å². The van der Waals surface area contributed by atoms with Crippen LogP contribution in [0.15, 0.2) is 36.8 Å². The molecule has 1 fully saturated rings. The summed E-state index contributed by atoms with van der Waals surface area (Å²) in [5.74, 6) is -1.26. The molecular weight excluding hydrogens is 284 g/mol. The Bertz CT molecular complexity index is 693. The zero-order valence-corrected chi connectivity index (χ0v) is 11.9. The number of aromatic nitrogens is 3. The summed E-state index contributed by atoms with van der Waals surface area (Å²) in [6.07, 6.45) is 7.20. The summed E-state index contributed by atoms with van der Waals surface area (Å²) in [4.78, 5) is 27.4. The Balaban J connectivity index is 1.78. The number of pyridine rings is 1. The standard InChI is InChI=1S/C15H16N4O3/c20-13(21)10-15(4-1-5-15)18-14(22)12-9-11(3-7-16-12)19-8-2-6-17-19/h2-3,6-9H,1,4-5,10H2,(H,18,22)(H,20,21). The van der Waals surface area contributed by atoms with Gasteiger partial charge in [0, 0.05) is 18.6 Å². The van der Waals surface area contributed by atoms with Crippen molar-refractivity contribution in [2.24, 2.45) is 0 Å². The van der Waals surface area contributed by atoms with Gasteiger partial charge in [0.05, 0.1) is 17.6 Å². The number of carboxylic acids is 1. The third kappa shape index (κ3) is 2.83. The van der Waals surface area contributed by atoms with Crippen molar-refractivity contribution in [3.8, 4) is 5.69 Å². The van der Waals surface area contributed by atoms with Crippen LogP contribution in [-0.2, 0) is 4.79 Å². The molecule has 1 saturated carbocycles. The molecule has 114 valence electrons. The highest BCUT2D eigenvalue weighted by molar-refractivity contribution is 5.93. The summed E-state index contributed by atoms with van der Waals surface area (Å²) >= 11 is 0. The van der Waals surface area contributed by atoms with Crippen LogP contribution in [0.1, 0.15) is 36.2 Å². The molecule has 0 unspecified atom stereocenters. The van der Waals surface area contributed by atoms with Crippen LogP contribution in [-0.4, -0.2) is 37.3 Å². The van der Waals surface area contributed by atoms with E-state index in [1.807, 2.05) is 0 Å². The van der Waals surface area contributed by atoms with Gasteiger partial charge in [0.25, 0.3) is 5.91 Å². The van der Waals surface area contributed by atoms with Gasteiger partial charge in [-0.2, -0.15) is 5.10 Å². The second-order valence-electron chi connectivity index (χ2n) is 5.51. The van der Waals surface area contributed by atoms with Gasteiger partial charge in [0.1, 0.15) is 5.69 Å². The maximum absolute atomic E-state index is 12.4. The van der Waals surface area contributed by atoms with Gasteiger partial charge in [-0.3, -0.25) is 14.6 Å². The number of carbonyl (C=O) groups excluding carboxylic acids is 1. The van der Waals surface area contributed by atoms with Crippen molar-refractivity contribution >= 4 is 11.9 Å². The van der Waals surface area contributed by atoms with E-state index in [2.05, 4.69) is 15.4 Å². The number of hydrogen-bond acceptors (Lipinski definition) is 4. The lowest BCUT2D eigenvalue weighted by molar-refractivity contribution is -0.139. The van der Waals surface area contributed by atoms with Crippen LogP contribution in [0.2, 0.25) is 0 Å². The van der Waals surface area contributed by atoms with Crippen molar-refractivity contribution in [3.63, 3.8) is 0 Å². The molecule has 0 spiro atoms. The normalized spacial score (nSPS) is 15.8. The van der Waals surface area contributed by atoms with Crippen LogP contribution >= 0.6 is 0 Å². The molecule has 1 amide bonds. The number of nitrogens with one attached hydrogen (secondary N) is 1. The molecule has 7 heteroatoms. The minimum atomic E-state index is -0.904. The van der Waals surface area contributed by atoms with E-state index < -0.39 is 11.5 Å². The molecule has 0 radical (unpaired) electrons. The number of aliphatic carboxylic acids is 1. The van der Waals surface area contributed by atoms with Gasteiger partial charge in [0.15, 0.2) is 0 Å². The Labute approximate surface area is 127 Å². The average molecular weight is 300 g/mol. The Morgan fingerprint density at radius 2 is 2.18 bits per heavy atom. The van der Waals surface area contributed by atoms with E-state index in [1.54, 1.807) is 35.3 Å². The molecule has 0 saturated heterocycles. The van der Waals surface area contributed by atoms with Crippen molar-refractivity contribution in [2.75, 3.05) is 0 Å². The molecule has 7 nitrogen and oxygen atoms in total. The van der Waals surface area contributed by atoms with Gasteiger partial charge >= 0.3 is 5.97 Å². The number of nitrogens with zero attached hydrogens (tertiary/aromatic N) is 3. The maximum Gasteiger partial charge on any atom is 0.305 e. The average Bonchev–Trinajstić information content (AvgIpc) is 2.98. The second kappa shape index (κ2) is 5.59. The van der Waals surface area contributed by atoms with Crippen LogP contribution in [0.3, 0.4) is 0 Å². The molecule has 1 aliphatic carbocycles.